The highest BCUT2D eigenvalue weighted by Crippen LogP contribution is 2.33. The fourth-order valence-corrected chi connectivity index (χ4v) is 1.31. The normalized spacial score (nSPS) is 13.5. The molecule has 0 aromatic heterocycles. The van der Waals surface area contributed by atoms with Crippen LogP contribution in [0, 0.1) is 0 Å². The first-order valence-corrected chi connectivity index (χ1v) is 5.12. The van der Waals surface area contributed by atoms with Crippen molar-refractivity contribution in [1.29, 1.82) is 0 Å². The fourth-order valence-electron chi connectivity index (χ4n) is 1.13. The van der Waals surface area contributed by atoms with Gasteiger partial charge in [0, 0.05) is 6.54 Å². The highest BCUT2D eigenvalue weighted by atomic mass is 35.5. The number of aliphatic hydroxyl groups is 2. The monoisotopic (exact) mass is 269 g/mol. The topological polar surface area (TPSA) is 52.5 Å². The van der Waals surface area contributed by atoms with Gasteiger partial charge in [0.25, 0.3) is 0 Å². The third-order valence-corrected chi connectivity index (χ3v) is 2.36. The maximum atomic E-state index is 12.4. The van der Waals surface area contributed by atoms with E-state index in [2.05, 4.69) is 5.32 Å². The Bertz CT molecular complexity index is 384. The predicted molar refractivity (Wildman–Crippen MR) is 58.0 cm³/mol. The van der Waals surface area contributed by atoms with Crippen LogP contribution in [0.3, 0.4) is 0 Å². The average Bonchev–Trinajstić information content (AvgIpc) is 2.26. The molecule has 1 rings (SSSR count). The van der Waals surface area contributed by atoms with E-state index in [1.165, 1.54) is 0 Å². The quantitative estimate of drug-likeness (QED) is 0.785. The number of halogens is 4. The maximum absolute atomic E-state index is 12.4. The van der Waals surface area contributed by atoms with Crippen LogP contribution in [0.25, 0.3) is 0 Å². The molecule has 3 nitrogen and oxygen atoms in total. The number of hydrogen-bond donors (Lipinski definition) is 3. The van der Waals surface area contributed by atoms with E-state index in [0.717, 1.165) is 18.2 Å². The standard InChI is InChI=1S/C10H11ClF3NO2/c11-8-2-1-6(10(12,13)14)3-9(8)15-4-7(17)5-16/h1-3,7,15-17H,4-5H2/t7-/m0/s1. The highest BCUT2D eigenvalue weighted by molar-refractivity contribution is 6.33. The average molecular weight is 270 g/mol. The van der Waals surface area contributed by atoms with Gasteiger partial charge in [-0.25, -0.2) is 0 Å². The number of rotatable bonds is 4. The lowest BCUT2D eigenvalue weighted by atomic mass is 10.2. The van der Waals surface area contributed by atoms with E-state index in [9.17, 15) is 13.2 Å². The number of nitrogens with one attached hydrogen (secondary N) is 1. The third kappa shape index (κ3) is 4.07. The van der Waals surface area contributed by atoms with Gasteiger partial charge >= 0.3 is 6.18 Å². The van der Waals surface area contributed by atoms with Crippen molar-refractivity contribution in [2.75, 3.05) is 18.5 Å². The molecule has 0 saturated heterocycles. The maximum Gasteiger partial charge on any atom is 0.416 e. The lowest BCUT2D eigenvalue weighted by Gasteiger charge is -2.14. The van der Waals surface area contributed by atoms with Crippen molar-refractivity contribution in [3.63, 3.8) is 0 Å². The number of anilines is 1. The Balaban J connectivity index is 2.84. The van der Waals surface area contributed by atoms with Crippen molar-refractivity contribution in [2.24, 2.45) is 0 Å². The van der Waals surface area contributed by atoms with Crippen LogP contribution in [-0.4, -0.2) is 29.5 Å². The molecule has 0 unspecified atom stereocenters. The summed E-state index contributed by atoms with van der Waals surface area (Å²) in [5.74, 6) is 0. The van der Waals surface area contributed by atoms with Crippen molar-refractivity contribution >= 4 is 17.3 Å². The summed E-state index contributed by atoms with van der Waals surface area (Å²) in [6, 6.07) is 2.85. The molecule has 3 N–H and O–H groups in total. The summed E-state index contributed by atoms with van der Waals surface area (Å²) in [5.41, 5.74) is -0.767. The van der Waals surface area contributed by atoms with Gasteiger partial charge in [0.2, 0.25) is 0 Å². The van der Waals surface area contributed by atoms with Crippen LogP contribution in [0.1, 0.15) is 5.56 Å². The van der Waals surface area contributed by atoms with Gasteiger partial charge in [-0.05, 0) is 18.2 Å². The Labute approximate surface area is 101 Å². The minimum absolute atomic E-state index is 0.0639. The number of benzene rings is 1. The molecule has 0 amide bonds. The largest absolute Gasteiger partial charge is 0.416 e. The smallest absolute Gasteiger partial charge is 0.394 e. The van der Waals surface area contributed by atoms with Crippen molar-refractivity contribution in [1.82, 2.24) is 0 Å². The van der Waals surface area contributed by atoms with Gasteiger partial charge in [-0.1, -0.05) is 11.6 Å². The van der Waals surface area contributed by atoms with Crippen LogP contribution in [0.5, 0.6) is 0 Å². The van der Waals surface area contributed by atoms with E-state index in [1.54, 1.807) is 0 Å². The van der Waals surface area contributed by atoms with Crippen LogP contribution in [0.4, 0.5) is 18.9 Å². The molecule has 0 fully saturated rings. The Morgan fingerprint density at radius 3 is 2.53 bits per heavy atom. The number of alkyl halides is 3. The van der Waals surface area contributed by atoms with Gasteiger partial charge in [-0.2, -0.15) is 13.2 Å². The van der Waals surface area contributed by atoms with Gasteiger partial charge in [0.1, 0.15) is 0 Å². The van der Waals surface area contributed by atoms with E-state index in [0.29, 0.717) is 0 Å². The SMILES string of the molecule is OC[C@@H](O)CNc1cc(C(F)(F)F)ccc1Cl. The lowest BCUT2D eigenvalue weighted by molar-refractivity contribution is -0.137. The molecule has 0 radical (unpaired) electrons. The van der Waals surface area contributed by atoms with Crippen molar-refractivity contribution in [2.45, 2.75) is 12.3 Å². The Hall–Kier alpha value is -0.980. The van der Waals surface area contributed by atoms with E-state index in [4.69, 9.17) is 21.8 Å². The van der Waals surface area contributed by atoms with Crippen molar-refractivity contribution in [3.8, 4) is 0 Å². The molecule has 17 heavy (non-hydrogen) atoms. The second-order valence-electron chi connectivity index (χ2n) is 3.41. The minimum Gasteiger partial charge on any atom is -0.394 e. The van der Waals surface area contributed by atoms with Crippen LogP contribution >= 0.6 is 11.6 Å². The summed E-state index contributed by atoms with van der Waals surface area (Å²) in [6.45, 7) is -0.568. The molecule has 0 bridgehead atoms. The van der Waals surface area contributed by atoms with E-state index < -0.39 is 24.5 Å². The molecule has 0 aliphatic carbocycles. The van der Waals surface area contributed by atoms with Crippen LogP contribution in [0.2, 0.25) is 5.02 Å². The zero-order chi connectivity index (χ0) is 13.1. The van der Waals surface area contributed by atoms with Gasteiger partial charge < -0.3 is 15.5 Å². The first-order chi connectivity index (χ1) is 7.84. The molecular weight excluding hydrogens is 259 g/mol. The summed E-state index contributed by atoms with van der Waals surface area (Å²) in [7, 11) is 0. The van der Waals surface area contributed by atoms with E-state index in [1.807, 2.05) is 0 Å². The van der Waals surface area contributed by atoms with Gasteiger partial charge in [-0.15, -0.1) is 0 Å². The lowest BCUT2D eigenvalue weighted by Crippen LogP contribution is -2.23. The zero-order valence-corrected chi connectivity index (χ0v) is 9.39. The van der Waals surface area contributed by atoms with Gasteiger partial charge in [-0.3, -0.25) is 0 Å². The van der Waals surface area contributed by atoms with Crippen LogP contribution in [-0.2, 0) is 6.18 Å². The second-order valence-corrected chi connectivity index (χ2v) is 3.82. The minimum atomic E-state index is -4.45. The van der Waals surface area contributed by atoms with E-state index >= 15 is 0 Å². The summed E-state index contributed by atoms with van der Waals surface area (Å²) >= 11 is 5.70. The molecular formula is C10H11ClF3NO2. The third-order valence-electron chi connectivity index (χ3n) is 2.03. The molecule has 0 heterocycles. The fraction of sp³-hybridized carbons (Fsp3) is 0.400. The molecule has 96 valence electrons. The van der Waals surface area contributed by atoms with Crippen LogP contribution < -0.4 is 5.32 Å². The first-order valence-electron chi connectivity index (χ1n) is 4.74. The highest BCUT2D eigenvalue weighted by Gasteiger charge is 2.30. The summed E-state index contributed by atoms with van der Waals surface area (Å²) in [6.07, 6.45) is -5.50. The summed E-state index contributed by atoms with van der Waals surface area (Å²) in [4.78, 5) is 0. The number of aliphatic hydroxyl groups excluding tert-OH is 2. The number of hydrogen-bond acceptors (Lipinski definition) is 3. The zero-order valence-electron chi connectivity index (χ0n) is 8.63. The van der Waals surface area contributed by atoms with Crippen LogP contribution in [0.15, 0.2) is 18.2 Å². The molecule has 0 aliphatic heterocycles. The Morgan fingerprint density at radius 1 is 1.35 bits per heavy atom. The summed E-state index contributed by atoms with van der Waals surface area (Å²) in [5, 5.41) is 20.3. The second kappa shape index (κ2) is 5.57. The Kier molecular flexibility index (Phi) is 4.62. The van der Waals surface area contributed by atoms with Crippen molar-refractivity contribution in [3.05, 3.63) is 28.8 Å². The molecule has 0 spiro atoms. The summed E-state index contributed by atoms with van der Waals surface area (Å²) < 4.78 is 37.2. The van der Waals surface area contributed by atoms with Crippen molar-refractivity contribution < 1.29 is 23.4 Å². The molecule has 1 aromatic carbocycles. The van der Waals surface area contributed by atoms with Gasteiger partial charge in [0.15, 0.2) is 0 Å². The molecule has 7 heteroatoms. The Morgan fingerprint density at radius 2 is 2.00 bits per heavy atom. The van der Waals surface area contributed by atoms with E-state index in [-0.39, 0.29) is 17.3 Å². The molecule has 1 aromatic rings. The molecule has 1 atom stereocenters. The molecule has 0 saturated carbocycles. The molecule has 0 aliphatic rings. The predicted octanol–water partition coefficient (Wildman–Crippen LogP) is 2.12. The first kappa shape index (κ1) is 14.1. The van der Waals surface area contributed by atoms with Gasteiger partial charge in [0.05, 0.1) is 29.0 Å².